The lowest BCUT2D eigenvalue weighted by atomic mass is 10.2. The van der Waals surface area contributed by atoms with Crippen LogP contribution in [0.15, 0.2) is 65.8 Å². The second-order valence-corrected chi connectivity index (χ2v) is 4.59. The van der Waals surface area contributed by atoms with Crippen LogP contribution in [-0.2, 0) is 4.79 Å². The van der Waals surface area contributed by atoms with Crippen LogP contribution in [0, 0.1) is 0 Å². The van der Waals surface area contributed by atoms with Crippen LogP contribution in [0.4, 0.5) is 0 Å². The molecule has 0 aliphatic carbocycles. The monoisotopic (exact) mass is 294 g/mol. The summed E-state index contributed by atoms with van der Waals surface area (Å²) in [6, 6.07) is 17.6. The summed E-state index contributed by atoms with van der Waals surface area (Å²) in [6.45, 7) is 1.87. The van der Waals surface area contributed by atoms with Crippen molar-refractivity contribution in [3.8, 4) is 5.75 Å². The molecule has 0 heterocycles. The minimum atomic E-state index is -0.208. The SMILES string of the molecule is CC(=O)N/N=C\c1ccccc1OC/C=C/c1ccccc1. The fourth-order valence-electron chi connectivity index (χ4n) is 1.80. The zero-order chi connectivity index (χ0) is 15.6. The summed E-state index contributed by atoms with van der Waals surface area (Å²) in [5, 5.41) is 3.86. The first kappa shape index (κ1) is 15.5. The Morgan fingerprint density at radius 1 is 1.14 bits per heavy atom. The summed E-state index contributed by atoms with van der Waals surface area (Å²) >= 11 is 0. The van der Waals surface area contributed by atoms with E-state index in [0.29, 0.717) is 12.4 Å². The molecule has 0 aliphatic heterocycles. The van der Waals surface area contributed by atoms with Crippen molar-refractivity contribution in [3.05, 3.63) is 71.8 Å². The number of ether oxygens (including phenoxy) is 1. The molecule has 22 heavy (non-hydrogen) atoms. The normalized spacial score (nSPS) is 11.0. The maximum atomic E-state index is 10.8. The Kier molecular flexibility index (Phi) is 5.93. The third kappa shape index (κ3) is 5.25. The van der Waals surface area contributed by atoms with Gasteiger partial charge in [0.2, 0.25) is 5.91 Å². The van der Waals surface area contributed by atoms with Gasteiger partial charge in [0.15, 0.2) is 0 Å². The largest absolute Gasteiger partial charge is 0.489 e. The van der Waals surface area contributed by atoms with Gasteiger partial charge in [-0.15, -0.1) is 0 Å². The lowest BCUT2D eigenvalue weighted by Crippen LogP contribution is -2.12. The molecular weight excluding hydrogens is 276 g/mol. The summed E-state index contributed by atoms with van der Waals surface area (Å²) in [4.78, 5) is 10.8. The molecule has 1 N–H and O–H groups in total. The predicted molar refractivity (Wildman–Crippen MR) is 88.8 cm³/mol. The van der Waals surface area contributed by atoms with Gasteiger partial charge >= 0.3 is 0 Å². The van der Waals surface area contributed by atoms with Crippen LogP contribution in [0.5, 0.6) is 5.75 Å². The van der Waals surface area contributed by atoms with E-state index in [0.717, 1.165) is 11.1 Å². The number of benzene rings is 2. The highest BCUT2D eigenvalue weighted by atomic mass is 16.5. The lowest BCUT2D eigenvalue weighted by Gasteiger charge is -2.06. The average Bonchev–Trinajstić information content (AvgIpc) is 2.53. The van der Waals surface area contributed by atoms with Crippen LogP contribution < -0.4 is 10.2 Å². The van der Waals surface area contributed by atoms with Crippen LogP contribution >= 0.6 is 0 Å². The van der Waals surface area contributed by atoms with Gasteiger partial charge < -0.3 is 4.74 Å². The third-order valence-electron chi connectivity index (χ3n) is 2.79. The zero-order valence-corrected chi connectivity index (χ0v) is 12.4. The van der Waals surface area contributed by atoms with Crippen molar-refractivity contribution in [2.75, 3.05) is 6.61 Å². The van der Waals surface area contributed by atoms with Crippen LogP contribution in [0.1, 0.15) is 18.1 Å². The molecule has 4 heteroatoms. The molecule has 0 unspecified atom stereocenters. The zero-order valence-electron chi connectivity index (χ0n) is 12.4. The Hall–Kier alpha value is -2.88. The predicted octanol–water partition coefficient (Wildman–Crippen LogP) is 3.25. The van der Waals surface area contributed by atoms with Crippen molar-refractivity contribution in [3.63, 3.8) is 0 Å². The summed E-state index contributed by atoms with van der Waals surface area (Å²) in [5.74, 6) is 0.509. The van der Waals surface area contributed by atoms with Gasteiger partial charge in [-0.25, -0.2) is 5.43 Å². The van der Waals surface area contributed by atoms with E-state index in [4.69, 9.17) is 4.74 Å². The van der Waals surface area contributed by atoms with Gasteiger partial charge in [-0.05, 0) is 23.8 Å². The van der Waals surface area contributed by atoms with Crippen molar-refractivity contribution < 1.29 is 9.53 Å². The van der Waals surface area contributed by atoms with E-state index in [2.05, 4.69) is 10.5 Å². The molecule has 0 aromatic heterocycles. The minimum absolute atomic E-state index is 0.208. The van der Waals surface area contributed by atoms with Gasteiger partial charge in [0.25, 0.3) is 0 Å². The Bertz CT molecular complexity index is 664. The topological polar surface area (TPSA) is 50.7 Å². The number of hydrazone groups is 1. The minimum Gasteiger partial charge on any atom is -0.489 e. The summed E-state index contributed by atoms with van der Waals surface area (Å²) in [6.07, 6.45) is 5.53. The second-order valence-electron chi connectivity index (χ2n) is 4.59. The molecule has 112 valence electrons. The number of carbonyl (C=O) groups is 1. The van der Waals surface area contributed by atoms with E-state index >= 15 is 0 Å². The molecule has 0 aliphatic rings. The summed E-state index contributed by atoms with van der Waals surface area (Å²) in [7, 11) is 0. The van der Waals surface area contributed by atoms with Crippen LogP contribution in [0.2, 0.25) is 0 Å². The van der Waals surface area contributed by atoms with Crippen LogP contribution in [0.3, 0.4) is 0 Å². The maximum absolute atomic E-state index is 10.8. The molecule has 2 rings (SSSR count). The molecular formula is C18H18N2O2. The summed E-state index contributed by atoms with van der Waals surface area (Å²) < 4.78 is 5.73. The van der Waals surface area contributed by atoms with Gasteiger partial charge in [0, 0.05) is 12.5 Å². The molecule has 0 saturated heterocycles. The van der Waals surface area contributed by atoms with E-state index < -0.39 is 0 Å². The van der Waals surface area contributed by atoms with E-state index in [-0.39, 0.29) is 5.91 Å². The van der Waals surface area contributed by atoms with Gasteiger partial charge in [-0.1, -0.05) is 48.5 Å². The molecule has 4 nitrogen and oxygen atoms in total. The second kappa shape index (κ2) is 8.42. The fourth-order valence-corrected chi connectivity index (χ4v) is 1.80. The van der Waals surface area contributed by atoms with Gasteiger partial charge in [-0.3, -0.25) is 4.79 Å². The highest BCUT2D eigenvalue weighted by molar-refractivity contribution is 5.84. The molecule has 0 spiro atoms. The average molecular weight is 294 g/mol. The molecule has 2 aromatic rings. The van der Waals surface area contributed by atoms with E-state index in [1.165, 1.54) is 6.92 Å². The quantitative estimate of drug-likeness (QED) is 0.657. The molecule has 0 bridgehead atoms. The number of hydrogen-bond donors (Lipinski definition) is 1. The number of carbonyl (C=O) groups excluding carboxylic acids is 1. The highest BCUT2D eigenvalue weighted by Gasteiger charge is 1.99. The highest BCUT2D eigenvalue weighted by Crippen LogP contribution is 2.15. The maximum Gasteiger partial charge on any atom is 0.236 e. The summed E-state index contributed by atoms with van der Waals surface area (Å²) in [5.41, 5.74) is 4.31. The van der Waals surface area contributed by atoms with Crippen molar-refractivity contribution in [1.82, 2.24) is 5.43 Å². The number of nitrogens with zero attached hydrogens (tertiary/aromatic N) is 1. The molecule has 2 aromatic carbocycles. The van der Waals surface area contributed by atoms with Crippen molar-refractivity contribution in [2.24, 2.45) is 5.10 Å². The Labute approximate surface area is 130 Å². The fraction of sp³-hybridized carbons (Fsp3) is 0.111. The standard InChI is InChI=1S/C18H18N2O2/c1-15(21)20-19-14-17-11-5-6-12-18(17)22-13-7-10-16-8-3-2-4-9-16/h2-12,14H,13H2,1H3,(H,20,21)/b10-7+,19-14-. The van der Waals surface area contributed by atoms with Gasteiger partial charge in [-0.2, -0.15) is 5.10 Å². The Morgan fingerprint density at radius 2 is 1.86 bits per heavy atom. The molecule has 1 amide bonds. The van der Waals surface area contributed by atoms with Gasteiger partial charge in [0.05, 0.1) is 6.21 Å². The van der Waals surface area contributed by atoms with Gasteiger partial charge in [0.1, 0.15) is 12.4 Å². The van der Waals surface area contributed by atoms with Crippen molar-refractivity contribution in [1.29, 1.82) is 0 Å². The molecule has 0 saturated carbocycles. The number of amides is 1. The number of hydrogen-bond acceptors (Lipinski definition) is 3. The first-order valence-corrected chi connectivity index (χ1v) is 6.99. The smallest absolute Gasteiger partial charge is 0.236 e. The number of nitrogens with one attached hydrogen (secondary N) is 1. The first-order chi connectivity index (χ1) is 10.8. The first-order valence-electron chi connectivity index (χ1n) is 6.99. The third-order valence-corrected chi connectivity index (χ3v) is 2.79. The van der Waals surface area contributed by atoms with E-state index in [9.17, 15) is 4.79 Å². The lowest BCUT2D eigenvalue weighted by molar-refractivity contribution is -0.118. The van der Waals surface area contributed by atoms with Crippen molar-refractivity contribution >= 4 is 18.2 Å². The Balaban J connectivity index is 1.94. The molecule has 0 atom stereocenters. The molecule has 0 radical (unpaired) electrons. The van der Waals surface area contributed by atoms with Crippen LogP contribution in [0.25, 0.3) is 6.08 Å². The van der Waals surface area contributed by atoms with Crippen molar-refractivity contribution in [2.45, 2.75) is 6.92 Å². The Morgan fingerprint density at radius 3 is 2.64 bits per heavy atom. The molecule has 0 fully saturated rings. The van der Waals surface area contributed by atoms with E-state index in [1.54, 1.807) is 6.21 Å². The number of para-hydroxylation sites is 1. The van der Waals surface area contributed by atoms with Crippen LogP contribution in [-0.4, -0.2) is 18.7 Å². The number of rotatable bonds is 6. The van der Waals surface area contributed by atoms with E-state index in [1.807, 2.05) is 66.7 Å².